The number of hydrogen-bond donors (Lipinski definition) is 2. The number of benzene rings is 3. The van der Waals surface area contributed by atoms with Crippen molar-refractivity contribution in [3.05, 3.63) is 96.1 Å². The zero-order valence-electron chi connectivity index (χ0n) is 20.1. The molecule has 1 aromatic heterocycles. The molecule has 0 spiro atoms. The van der Waals surface area contributed by atoms with Crippen LogP contribution in [0.1, 0.15) is 29.8 Å². The Bertz CT molecular complexity index is 1310. The maximum absolute atomic E-state index is 13.1. The Kier molecular flexibility index (Phi) is 8.08. The lowest BCUT2D eigenvalue weighted by molar-refractivity contribution is 0.0951. The first kappa shape index (κ1) is 24.7. The Hall–Kier alpha value is -4.46. The van der Waals surface area contributed by atoms with Crippen LogP contribution in [0, 0.1) is 5.82 Å². The Labute approximate surface area is 209 Å². The van der Waals surface area contributed by atoms with Crippen molar-refractivity contribution in [1.29, 1.82) is 0 Å². The number of hydrogen-bond acceptors (Lipinski definition) is 6. The molecule has 0 unspecified atom stereocenters. The number of halogens is 1. The van der Waals surface area contributed by atoms with Gasteiger partial charge in [-0.15, -0.1) is 0 Å². The minimum absolute atomic E-state index is 0.210. The number of carbonyl (C=O) groups excluding carboxylic acids is 1. The van der Waals surface area contributed by atoms with Crippen LogP contribution in [-0.2, 0) is 6.54 Å². The summed E-state index contributed by atoms with van der Waals surface area (Å²) in [5.74, 6) is 1.22. The van der Waals surface area contributed by atoms with E-state index in [0.29, 0.717) is 48.5 Å². The van der Waals surface area contributed by atoms with Gasteiger partial charge in [-0.1, -0.05) is 24.3 Å². The van der Waals surface area contributed by atoms with Crippen LogP contribution in [-0.4, -0.2) is 29.1 Å². The predicted molar refractivity (Wildman–Crippen MR) is 137 cm³/mol. The summed E-state index contributed by atoms with van der Waals surface area (Å²) in [7, 11) is 0. The Balaban J connectivity index is 1.38. The summed E-state index contributed by atoms with van der Waals surface area (Å²) in [6, 6.07) is 18.8. The van der Waals surface area contributed by atoms with Crippen molar-refractivity contribution in [2.75, 3.05) is 18.5 Å². The third-order valence-electron chi connectivity index (χ3n) is 5.27. The summed E-state index contributed by atoms with van der Waals surface area (Å²) >= 11 is 0. The summed E-state index contributed by atoms with van der Waals surface area (Å²) in [6.07, 6.45) is 3.32. The number of aromatic nitrogens is 2. The van der Waals surface area contributed by atoms with E-state index in [1.54, 1.807) is 42.7 Å². The van der Waals surface area contributed by atoms with Crippen molar-refractivity contribution in [2.45, 2.75) is 20.4 Å². The molecule has 1 heterocycles. The molecule has 2 N–H and O–H groups in total. The van der Waals surface area contributed by atoms with E-state index in [1.807, 2.05) is 38.1 Å². The highest BCUT2D eigenvalue weighted by atomic mass is 19.1. The molecule has 0 aliphatic heterocycles. The van der Waals surface area contributed by atoms with Crippen molar-refractivity contribution in [3.63, 3.8) is 0 Å². The maximum atomic E-state index is 13.1. The number of nitrogens with zero attached hydrogens (tertiary/aromatic N) is 2. The van der Waals surface area contributed by atoms with Crippen molar-refractivity contribution in [1.82, 2.24) is 15.3 Å². The van der Waals surface area contributed by atoms with Crippen molar-refractivity contribution in [3.8, 4) is 22.6 Å². The lowest BCUT2D eigenvalue weighted by Gasteiger charge is -2.13. The first-order valence-corrected chi connectivity index (χ1v) is 11.7. The van der Waals surface area contributed by atoms with Crippen molar-refractivity contribution in [2.24, 2.45) is 0 Å². The smallest absolute Gasteiger partial charge is 0.251 e. The van der Waals surface area contributed by atoms with Gasteiger partial charge in [0.25, 0.3) is 5.91 Å². The molecule has 7 nitrogen and oxygen atoms in total. The number of nitrogens with one attached hydrogen (secondary N) is 2. The van der Waals surface area contributed by atoms with Gasteiger partial charge in [0.1, 0.15) is 5.82 Å². The fourth-order valence-electron chi connectivity index (χ4n) is 3.54. The summed E-state index contributed by atoms with van der Waals surface area (Å²) in [6.45, 7) is 5.24. The van der Waals surface area contributed by atoms with E-state index in [-0.39, 0.29) is 11.7 Å². The molecule has 184 valence electrons. The average Bonchev–Trinajstić information content (AvgIpc) is 2.90. The molecule has 0 atom stereocenters. The first-order chi connectivity index (χ1) is 17.6. The van der Waals surface area contributed by atoms with Crippen LogP contribution in [0.3, 0.4) is 0 Å². The van der Waals surface area contributed by atoms with E-state index in [1.165, 1.54) is 12.1 Å². The highest BCUT2D eigenvalue weighted by Crippen LogP contribution is 2.28. The zero-order valence-corrected chi connectivity index (χ0v) is 20.1. The second kappa shape index (κ2) is 11.8. The van der Waals surface area contributed by atoms with E-state index in [9.17, 15) is 9.18 Å². The summed E-state index contributed by atoms with van der Waals surface area (Å²) in [5.41, 5.74) is 3.67. The molecule has 0 saturated carbocycles. The van der Waals surface area contributed by atoms with Gasteiger partial charge in [0.2, 0.25) is 5.95 Å². The quantitative estimate of drug-likeness (QED) is 0.297. The van der Waals surface area contributed by atoms with Crippen LogP contribution >= 0.6 is 0 Å². The van der Waals surface area contributed by atoms with Crippen LogP contribution in [0.25, 0.3) is 11.1 Å². The molecule has 0 radical (unpaired) electrons. The van der Waals surface area contributed by atoms with E-state index in [0.717, 1.165) is 16.7 Å². The van der Waals surface area contributed by atoms with Crippen molar-refractivity contribution < 1.29 is 18.7 Å². The molecular weight excluding hydrogens is 459 g/mol. The molecule has 4 rings (SSSR count). The average molecular weight is 487 g/mol. The fraction of sp³-hybridized carbons (Fsp3) is 0.179. The van der Waals surface area contributed by atoms with Crippen LogP contribution < -0.4 is 20.1 Å². The van der Waals surface area contributed by atoms with E-state index in [4.69, 9.17) is 9.47 Å². The second-order valence-corrected chi connectivity index (χ2v) is 7.84. The number of ether oxygens (including phenoxy) is 2. The van der Waals surface area contributed by atoms with Gasteiger partial charge in [-0.05, 0) is 67.4 Å². The Morgan fingerprint density at radius 2 is 1.58 bits per heavy atom. The molecule has 0 fully saturated rings. The Morgan fingerprint density at radius 1 is 0.861 bits per heavy atom. The molecule has 0 aliphatic rings. The van der Waals surface area contributed by atoms with E-state index >= 15 is 0 Å². The monoisotopic (exact) mass is 486 g/mol. The molecule has 0 aliphatic carbocycles. The van der Waals surface area contributed by atoms with Gasteiger partial charge in [0.15, 0.2) is 11.5 Å². The van der Waals surface area contributed by atoms with Gasteiger partial charge in [-0.25, -0.2) is 14.4 Å². The highest BCUT2D eigenvalue weighted by Gasteiger charge is 2.10. The minimum atomic E-state index is -0.295. The molecule has 0 saturated heterocycles. The van der Waals surface area contributed by atoms with Crippen LogP contribution in [0.2, 0.25) is 0 Å². The first-order valence-electron chi connectivity index (χ1n) is 11.7. The lowest BCUT2D eigenvalue weighted by atomic mass is 10.1. The van der Waals surface area contributed by atoms with Crippen LogP contribution in [0.5, 0.6) is 11.5 Å². The molecule has 0 bridgehead atoms. The highest BCUT2D eigenvalue weighted by molar-refractivity contribution is 5.95. The predicted octanol–water partition coefficient (Wildman–Crippen LogP) is 5.75. The molecular formula is C28H27FN4O3. The number of rotatable bonds is 10. The normalized spacial score (nSPS) is 10.5. The lowest BCUT2D eigenvalue weighted by Crippen LogP contribution is -2.22. The van der Waals surface area contributed by atoms with Gasteiger partial charge in [-0.3, -0.25) is 4.79 Å². The van der Waals surface area contributed by atoms with Crippen LogP contribution in [0.4, 0.5) is 16.0 Å². The third-order valence-corrected chi connectivity index (χ3v) is 5.27. The molecule has 8 heteroatoms. The second-order valence-electron chi connectivity index (χ2n) is 7.84. The van der Waals surface area contributed by atoms with E-state index < -0.39 is 0 Å². The summed E-state index contributed by atoms with van der Waals surface area (Å²) in [5, 5.41) is 6.04. The topological polar surface area (TPSA) is 85.4 Å². The van der Waals surface area contributed by atoms with Gasteiger partial charge in [-0.2, -0.15) is 0 Å². The van der Waals surface area contributed by atoms with E-state index in [2.05, 4.69) is 20.6 Å². The van der Waals surface area contributed by atoms with Gasteiger partial charge >= 0.3 is 0 Å². The molecule has 4 aromatic rings. The number of anilines is 2. The number of carbonyl (C=O) groups is 1. The SMILES string of the molecule is CCOc1ccc(CNC(=O)c2cccc(Nc3ncc(-c4ccc(F)cc4)cn3)c2)cc1OCC. The largest absolute Gasteiger partial charge is 0.490 e. The summed E-state index contributed by atoms with van der Waals surface area (Å²) in [4.78, 5) is 21.4. The van der Waals surface area contributed by atoms with Gasteiger partial charge < -0.3 is 20.1 Å². The molecule has 1 amide bonds. The fourth-order valence-corrected chi connectivity index (χ4v) is 3.54. The Morgan fingerprint density at radius 3 is 2.31 bits per heavy atom. The zero-order chi connectivity index (χ0) is 25.3. The summed E-state index contributed by atoms with van der Waals surface area (Å²) < 4.78 is 24.4. The minimum Gasteiger partial charge on any atom is -0.490 e. The number of amides is 1. The van der Waals surface area contributed by atoms with Gasteiger partial charge in [0, 0.05) is 35.8 Å². The third kappa shape index (κ3) is 6.35. The van der Waals surface area contributed by atoms with Crippen molar-refractivity contribution >= 4 is 17.5 Å². The standard InChI is InChI=1S/C28H27FN4O3/c1-3-35-25-13-8-19(14-26(25)36-4-2)16-30-27(34)21-6-5-7-24(15-21)33-28-31-17-22(18-32-28)20-9-11-23(29)12-10-20/h5-15,17-18H,3-4,16H2,1-2H3,(H,30,34)(H,31,32,33). The molecule has 3 aromatic carbocycles. The van der Waals surface area contributed by atoms with Crippen LogP contribution in [0.15, 0.2) is 79.1 Å². The van der Waals surface area contributed by atoms with Gasteiger partial charge in [0.05, 0.1) is 13.2 Å². The maximum Gasteiger partial charge on any atom is 0.251 e. The molecule has 36 heavy (non-hydrogen) atoms.